The highest BCUT2D eigenvalue weighted by Gasteiger charge is 2.18. The second kappa shape index (κ2) is 11.7. The van der Waals surface area contributed by atoms with E-state index in [9.17, 15) is 19.5 Å². The standard InChI is InChI=1S/C31H28N4O4/c36-28-15-19-35(20-16-28)27-11-5-23(6-12-27)30(38)33-25-7-1-21(2-8-25)29(37)22-3-9-26(10-4-22)34-31(39)24-13-17-32-18-14-24/h1-14,17-18,28,36H,15-16,19-20H2,(H,33,38)(H,34,39). The Morgan fingerprint density at radius 1 is 0.641 bits per heavy atom. The molecule has 3 aromatic carbocycles. The average Bonchev–Trinajstić information content (AvgIpc) is 2.98. The van der Waals surface area contributed by atoms with Crippen LogP contribution in [0.15, 0.2) is 97.3 Å². The van der Waals surface area contributed by atoms with Crippen molar-refractivity contribution in [3.05, 3.63) is 120 Å². The van der Waals surface area contributed by atoms with Crippen molar-refractivity contribution in [2.75, 3.05) is 28.6 Å². The van der Waals surface area contributed by atoms with Gasteiger partial charge in [-0.15, -0.1) is 0 Å². The van der Waals surface area contributed by atoms with Crippen molar-refractivity contribution in [2.45, 2.75) is 18.9 Å². The summed E-state index contributed by atoms with van der Waals surface area (Å²) < 4.78 is 0. The van der Waals surface area contributed by atoms with E-state index in [1.54, 1.807) is 85.2 Å². The third kappa shape index (κ3) is 6.37. The summed E-state index contributed by atoms with van der Waals surface area (Å²) in [6.07, 6.45) is 4.36. The largest absolute Gasteiger partial charge is 0.393 e. The molecule has 0 unspecified atom stereocenters. The fourth-order valence-electron chi connectivity index (χ4n) is 4.43. The van der Waals surface area contributed by atoms with Crippen molar-refractivity contribution in [1.82, 2.24) is 4.98 Å². The topological polar surface area (TPSA) is 112 Å². The molecule has 4 aromatic rings. The molecule has 0 atom stereocenters. The number of carbonyl (C=O) groups is 3. The lowest BCUT2D eigenvalue weighted by Crippen LogP contribution is -2.35. The molecule has 0 spiro atoms. The molecule has 196 valence electrons. The summed E-state index contributed by atoms with van der Waals surface area (Å²) >= 11 is 0. The van der Waals surface area contributed by atoms with E-state index in [1.807, 2.05) is 12.1 Å². The first-order valence-electron chi connectivity index (χ1n) is 12.8. The van der Waals surface area contributed by atoms with E-state index in [1.165, 1.54) is 0 Å². The highest BCUT2D eigenvalue weighted by Crippen LogP contribution is 2.22. The van der Waals surface area contributed by atoms with Crippen molar-refractivity contribution in [3.8, 4) is 0 Å². The zero-order valence-corrected chi connectivity index (χ0v) is 21.2. The fraction of sp³-hybridized carbons (Fsp3) is 0.161. The Bertz CT molecular complexity index is 1450. The molecule has 8 heteroatoms. The van der Waals surface area contributed by atoms with E-state index in [2.05, 4.69) is 20.5 Å². The first kappa shape index (κ1) is 25.8. The highest BCUT2D eigenvalue weighted by molar-refractivity contribution is 6.10. The molecule has 0 aliphatic carbocycles. The van der Waals surface area contributed by atoms with Crippen LogP contribution in [0.4, 0.5) is 17.1 Å². The number of amides is 2. The number of nitrogens with one attached hydrogen (secondary N) is 2. The Morgan fingerprint density at radius 3 is 1.56 bits per heavy atom. The number of anilines is 3. The second-order valence-corrected chi connectivity index (χ2v) is 9.39. The summed E-state index contributed by atoms with van der Waals surface area (Å²) in [5, 5.41) is 15.4. The molecule has 5 rings (SSSR count). The van der Waals surface area contributed by atoms with Gasteiger partial charge in [-0.05, 0) is 97.8 Å². The Balaban J connectivity index is 1.17. The number of rotatable bonds is 7. The number of ketones is 1. The molecule has 0 radical (unpaired) electrons. The molecule has 0 saturated carbocycles. The van der Waals surface area contributed by atoms with Gasteiger partial charge in [-0.2, -0.15) is 0 Å². The van der Waals surface area contributed by atoms with Crippen LogP contribution in [0, 0.1) is 0 Å². The normalized spacial score (nSPS) is 13.5. The van der Waals surface area contributed by atoms with E-state index in [0.29, 0.717) is 33.6 Å². The number of pyridine rings is 1. The Kier molecular flexibility index (Phi) is 7.75. The number of aromatic nitrogens is 1. The van der Waals surface area contributed by atoms with Gasteiger partial charge in [-0.1, -0.05) is 0 Å². The molecule has 2 heterocycles. The minimum absolute atomic E-state index is 0.166. The molecule has 8 nitrogen and oxygen atoms in total. The first-order valence-corrected chi connectivity index (χ1v) is 12.8. The van der Waals surface area contributed by atoms with Crippen LogP contribution in [0.2, 0.25) is 0 Å². The Morgan fingerprint density at radius 2 is 1.08 bits per heavy atom. The van der Waals surface area contributed by atoms with Gasteiger partial charge in [-0.25, -0.2) is 0 Å². The highest BCUT2D eigenvalue weighted by atomic mass is 16.3. The summed E-state index contributed by atoms with van der Waals surface area (Å²) in [6, 6.07) is 24.1. The maximum atomic E-state index is 12.9. The summed E-state index contributed by atoms with van der Waals surface area (Å²) in [5.41, 5.74) is 4.19. The van der Waals surface area contributed by atoms with Crippen molar-refractivity contribution in [1.29, 1.82) is 0 Å². The number of hydrogen-bond acceptors (Lipinski definition) is 6. The molecular formula is C31H28N4O4. The predicted molar refractivity (Wildman–Crippen MR) is 150 cm³/mol. The van der Waals surface area contributed by atoms with E-state index >= 15 is 0 Å². The third-order valence-electron chi connectivity index (χ3n) is 6.71. The van der Waals surface area contributed by atoms with Crippen molar-refractivity contribution in [3.63, 3.8) is 0 Å². The number of benzene rings is 3. The van der Waals surface area contributed by atoms with Crippen molar-refractivity contribution < 1.29 is 19.5 Å². The van der Waals surface area contributed by atoms with E-state index < -0.39 is 0 Å². The fourth-order valence-corrected chi connectivity index (χ4v) is 4.43. The van der Waals surface area contributed by atoms with Crippen LogP contribution >= 0.6 is 0 Å². The lowest BCUT2D eigenvalue weighted by atomic mass is 10.0. The summed E-state index contributed by atoms with van der Waals surface area (Å²) in [5.74, 6) is -0.660. The Hall–Kier alpha value is -4.82. The molecule has 1 saturated heterocycles. The molecule has 1 aromatic heterocycles. The van der Waals surface area contributed by atoms with Gasteiger partial charge in [0.2, 0.25) is 0 Å². The Labute approximate surface area is 226 Å². The van der Waals surface area contributed by atoms with Crippen LogP contribution in [0.1, 0.15) is 49.5 Å². The minimum Gasteiger partial charge on any atom is -0.393 e. The van der Waals surface area contributed by atoms with E-state index in [0.717, 1.165) is 31.6 Å². The summed E-state index contributed by atoms with van der Waals surface area (Å²) in [6.45, 7) is 1.59. The molecule has 1 fully saturated rings. The molecule has 39 heavy (non-hydrogen) atoms. The molecule has 0 bridgehead atoms. The van der Waals surface area contributed by atoms with Gasteiger partial charge in [0.15, 0.2) is 5.78 Å². The second-order valence-electron chi connectivity index (χ2n) is 9.39. The van der Waals surface area contributed by atoms with Crippen LogP contribution in [-0.4, -0.2) is 46.9 Å². The SMILES string of the molecule is O=C(Nc1ccc(C(=O)c2ccc(NC(=O)c3ccc(N4CCC(O)CC4)cc3)cc2)cc1)c1ccncc1. The van der Waals surface area contributed by atoms with Crippen molar-refractivity contribution >= 4 is 34.7 Å². The number of aliphatic hydroxyl groups is 1. The molecule has 1 aliphatic heterocycles. The lowest BCUT2D eigenvalue weighted by Gasteiger charge is -2.31. The van der Waals surface area contributed by atoms with Crippen LogP contribution in [0.25, 0.3) is 0 Å². The first-order chi connectivity index (χ1) is 19.0. The quantitative estimate of drug-likeness (QED) is 0.303. The van der Waals surface area contributed by atoms with Crippen molar-refractivity contribution in [2.24, 2.45) is 0 Å². The van der Waals surface area contributed by atoms with Crippen LogP contribution < -0.4 is 15.5 Å². The molecule has 1 aliphatic rings. The number of piperidine rings is 1. The van der Waals surface area contributed by atoms with Gasteiger partial charge in [0.1, 0.15) is 0 Å². The lowest BCUT2D eigenvalue weighted by molar-refractivity contribution is 0.101. The van der Waals surface area contributed by atoms with Crippen LogP contribution in [0.3, 0.4) is 0 Å². The monoisotopic (exact) mass is 520 g/mol. The van der Waals surface area contributed by atoms with Gasteiger partial charge in [0, 0.05) is 64.8 Å². The average molecular weight is 521 g/mol. The number of nitrogens with zero attached hydrogens (tertiary/aromatic N) is 2. The van der Waals surface area contributed by atoms with Crippen LogP contribution in [-0.2, 0) is 0 Å². The zero-order chi connectivity index (χ0) is 27.2. The van der Waals surface area contributed by atoms with E-state index in [4.69, 9.17) is 0 Å². The molecular weight excluding hydrogens is 492 g/mol. The molecule has 3 N–H and O–H groups in total. The van der Waals surface area contributed by atoms with Gasteiger partial charge < -0.3 is 20.6 Å². The van der Waals surface area contributed by atoms with Gasteiger partial charge in [0.25, 0.3) is 11.8 Å². The predicted octanol–water partition coefficient (Wildman–Crippen LogP) is 4.78. The number of carbonyl (C=O) groups excluding carboxylic acids is 3. The smallest absolute Gasteiger partial charge is 0.255 e. The van der Waals surface area contributed by atoms with Gasteiger partial charge in [0.05, 0.1) is 6.10 Å². The van der Waals surface area contributed by atoms with Gasteiger partial charge in [-0.3, -0.25) is 19.4 Å². The third-order valence-corrected chi connectivity index (χ3v) is 6.71. The maximum Gasteiger partial charge on any atom is 0.255 e. The number of hydrogen-bond donors (Lipinski definition) is 3. The summed E-state index contributed by atoms with van der Waals surface area (Å²) in [7, 11) is 0. The maximum absolute atomic E-state index is 12.9. The summed E-state index contributed by atoms with van der Waals surface area (Å²) in [4.78, 5) is 44.1. The zero-order valence-electron chi connectivity index (χ0n) is 21.2. The van der Waals surface area contributed by atoms with E-state index in [-0.39, 0.29) is 23.7 Å². The molecule has 2 amide bonds. The minimum atomic E-state index is -0.257. The number of aliphatic hydroxyl groups excluding tert-OH is 1. The van der Waals surface area contributed by atoms with Gasteiger partial charge >= 0.3 is 0 Å². The van der Waals surface area contributed by atoms with Crippen LogP contribution in [0.5, 0.6) is 0 Å².